The molecule has 1 heterocycles. The Morgan fingerprint density at radius 3 is 0.632 bits per heavy atom. The van der Waals surface area contributed by atoms with Crippen LogP contribution in [0, 0.1) is 0 Å². The summed E-state index contributed by atoms with van der Waals surface area (Å²) >= 11 is 0. The molecule has 0 aliphatic carbocycles. The molecule has 1 aliphatic rings. The molecule has 0 aromatic carbocycles. The summed E-state index contributed by atoms with van der Waals surface area (Å²) in [5.41, 5.74) is 0. The second-order valence-corrected chi connectivity index (χ2v) is 27.9. The van der Waals surface area contributed by atoms with Crippen LogP contribution in [0.15, 0.2) is 48.6 Å². The smallest absolute Gasteiger partial charge is 0.0110 e. The summed E-state index contributed by atoms with van der Waals surface area (Å²) in [6.07, 6.45) is 94.3. The van der Waals surface area contributed by atoms with Crippen LogP contribution in [0.1, 0.15) is 381 Å². The molecular weight excluding hydrogens is 1050 g/mol. The van der Waals surface area contributed by atoms with E-state index >= 15 is 0 Å². The van der Waals surface area contributed by atoms with E-state index in [4.69, 9.17) is 0 Å². The average Bonchev–Trinajstić information content (AvgIpc) is 3.58. The van der Waals surface area contributed by atoms with Crippen molar-refractivity contribution in [3.05, 3.63) is 48.6 Å². The lowest BCUT2D eigenvalue weighted by Gasteiger charge is -2.37. The summed E-state index contributed by atoms with van der Waals surface area (Å²) in [6, 6.07) is 0. The van der Waals surface area contributed by atoms with Crippen LogP contribution in [0.5, 0.6) is 0 Å². The molecule has 1 saturated heterocycles. The third-order valence-electron chi connectivity index (χ3n) is 19.5. The summed E-state index contributed by atoms with van der Waals surface area (Å²) in [4.78, 5) is 14.4. The molecule has 0 atom stereocenters. The van der Waals surface area contributed by atoms with Gasteiger partial charge in [0.1, 0.15) is 0 Å². The standard InChI is InChI=1S/C82H161N5/c1-6-11-16-21-26-31-36-38-40-42-44-46-51-55-60-65-70-84(71-66-61-56-52-47-45-43-41-39-37-32-27-22-17-12-7-2)74-77-86-79-81-87(82-80-86)78-76-85(72-67-62-57-50-35-30-25-20-15-10-5)75-73-83(68-63-58-53-48-33-28-23-18-13-8-3)69-64-59-54-49-34-29-24-19-14-9-4/h26-27,31-32,38-41H,6-25,28-30,33-37,42-82H2,1-5H3/b31-26-,32-27-,40-38-,41-39-. The Bertz CT molecular complexity index is 1330. The van der Waals surface area contributed by atoms with Crippen LogP contribution in [0.4, 0.5) is 0 Å². The van der Waals surface area contributed by atoms with Crippen molar-refractivity contribution in [1.29, 1.82) is 0 Å². The lowest BCUT2D eigenvalue weighted by Crippen LogP contribution is -2.50. The fourth-order valence-corrected chi connectivity index (χ4v) is 13.2. The zero-order valence-electron chi connectivity index (χ0n) is 60.6. The molecule has 0 N–H and O–H groups in total. The predicted octanol–water partition coefficient (Wildman–Crippen LogP) is 24.9. The minimum absolute atomic E-state index is 1.12. The van der Waals surface area contributed by atoms with Crippen molar-refractivity contribution in [1.82, 2.24) is 24.5 Å². The summed E-state index contributed by atoms with van der Waals surface area (Å²) in [5.74, 6) is 0. The van der Waals surface area contributed by atoms with Crippen molar-refractivity contribution in [2.24, 2.45) is 0 Å². The Kier molecular flexibility index (Phi) is 69.5. The number of hydrogen-bond donors (Lipinski definition) is 0. The van der Waals surface area contributed by atoms with Gasteiger partial charge in [0.25, 0.3) is 0 Å². The first kappa shape index (κ1) is 83.8. The molecule has 87 heavy (non-hydrogen) atoms. The summed E-state index contributed by atoms with van der Waals surface area (Å²) < 4.78 is 0. The van der Waals surface area contributed by atoms with Crippen LogP contribution in [0.25, 0.3) is 0 Å². The van der Waals surface area contributed by atoms with Crippen molar-refractivity contribution >= 4 is 0 Å². The molecular formula is C82H161N5. The van der Waals surface area contributed by atoms with Gasteiger partial charge in [-0.2, -0.15) is 0 Å². The Hall–Kier alpha value is -1.24. The normalized spacial score (nSPS) is 13.9. The molecule has 0 aromatic heterocycles. The Balaban J connectivity index is 2.75. The SMILES string of the molecule is CCCCC/C=C\C/C=C\CCCCCCCCN(CCCCCCCC/C=C\C/C=C\CCCCC)CCN1CCN(CCN(CCCCCCCCCCCC)CCN(CCCCCCCCCCCC)CCCCCCCCCCCC)CC1. The van der Waals surface area contributed by atoms with Gasteiger partial charge in [0.2, 0.25) is 0 Å². The number of allylic oxidation sites excluding steroid dienone is 8. The van der Waals surface area contributed by atoms with Gasteiger partial charge in [0, 0.05) is 65.4 Å². The van der Waals surface area contributed by atoms with Crippen molar-refractivity contribution in [3.8, 4) is 0 Å². The first-order valence-electron chi connectivity index (χ1n) is 40.4. The van der Waals surface area contributed by atoms with Crippen molar-refractivity contribution in [2.75, 3.05) is 98.2 Å². The van der Waals surface area contributed by atoms with E-state index in [0.29, 0.717) is 0 Å². The number of unbranched alkanes of at least 4 members (excludes halogenated alkanes) is 45. The van der Waals surface area contributed by atoms with Crippen LogP contribution in [-0.2, 0) is 0 Å². The zero-order chi connectivity index (χ0) is 62.3. The fourth-order valence-electron chi connectivity index (χ4n) is 13.2. The van der Waals surface area contributed by atoms with Gasteiger partial charge >= 0.3 is 0 Å². The third kappa shape index (κ3) is 63.3. The molecule has 0 unspecified atom stereocenters. The summed E-state index contributed by atoms with van der Waals surface area (Å²) in [6.45, 7) is 30.8. The van der Waals surface area contributed by atoms with Crippen LogP contribution < -0.4 is 0 Å². The fraction of sp³-hybridized carbons (Fsp3) is 0.902. The lowest BCUT2D eigenvalue weighted by atomic mass is 10.1. The second-order valence-electron chi connectivity index (χ2n) is 27.9. The summed E-state index contributed by atoms with van der Waals surface area (Å²) in [5, 5.41) is 0. The highest BCUT2D eigenvalue weighted by Crippen LogP contribution is 2.17. The van der Waals surface area contributed by atoms with Gasteiger partial charge in [-0.3, -0.25) is 9.80 Å². The highest BCUT2D eigenvalue weighted by Gasteiger charge is 2.19. The maximum Gasteiger partial charge on any atom is 0.0110 e. The van der Waals surface area contributed by atoms with E-state index < -0.39 is 0 Å². The third-order valence-corrected chi connectivity index (χ3v) is 19.5. The van der Waals surface area contributed by atoms with E-state index in [9.17, 15) is 0 Å². The molecule has 0 bridgehead atoms. The number of hydrogen-bond acceptors (Lipinski definition) is 5. The molecule has 0 amide bonds. The van der Waals surface area contributed by atoms with Gasteiger partial charge < -0.3 is 14.7 Å². The highest BCUT2D eigenvalue weighted by molar-refractivity contribution is 4.93. The Morgan fingerprint density at radius 2 is 0.379 bits per heavy atom. The molecule has 514 valence electrons. The van der Waals surface area contributed by atoms with E-state index in [1.807, 2.05) is 0 Å². The van der Waals surface area contributed by atoms with E-state index in [1.54, 1.807) is 0 Å². The Morgan fingerprint density at radius 1 is 0.195 bits per heavy atom. The first-order chi connectivity index (χ1) is 43.2. The quantitative estimate of drug-likeness (QED) is 0.0444. The summed E-state index contributed by atoms with van der Waals surface area (Å²) in [7, 11) is 0. The van der Waals surface area contributed by atoms with Crippen LogP contribution in [-0.4, -0.2) is 123 Å². The largest absolute Gasteiger partial charge is 0.302 e. The maximum absolute atomic E-state index is 2.93. The molecule has 5 heteroatoms. The molecule has 1 rings (SSSR count). The van der Waals surface area contributed by atoms with Gasteiger partial charge in [0.05, 0.1) is 0 Å². The van der Waals surface area contributed by atoms with Crippen molar-refractivity contribution < 1.29 is 0 Å². The van der Waals surface area contributed by atoms with Gasteiger partial charge in [-0.05, 0) is 129 Å². The molecule has 1 aliphatic heterocycles. The van der Waals surface area contributed by atoms with Gasteiger partial charge in [-0.25, -0.2) is 0 Å². The number of piperazine rings is 1. The minimum atomic E-state index is 1.12. The topological polar surface area (TPSA) is 16.2 Å². The zero-order valence-corrected chi connectivity index (χ0v) is 60.6. The van der Waals surface area contributed by atoms with Gasteiger partial charge in [-0.15, -0.1) is 0 Å². The Labute approximate surface area is 549 Å². The van der Waals surface area contributed by atoms with E-state index in [1.165, 1.54) is 432 Å². The van der Waals surface area contributed by atoms with Crippen molar-refractivity contribution in [2.45, 2.75) is 381 Å². The number of nitrogens with zero attached hydrogens (tertiary/aromatic N) is 5. The molecule has 0 radical (unpaired) electrons. The van der Waals surface area contributed by atoms with Crippen LogP contribution in [0.2, 0.25) is 0 Å². The first-order valence-corrected chi connectivity index (χ1v) is 40.4. The van der Waals surface area contributed by atoms with E-state index in [-0.39, 0.29) is 0 Å². The second kappa shape index (κ2) is 72.2. The molecule has 0 aromatic rings. The average molecular weight is 1220 g/mol. The molecule has 0 spiro atoms. The van der Waals surface area contributed by atoms with Gasteiger partial charge in [0.15, 0.2) is 0 Å². The van der Waals surface area contributed by atoms with Crippen LogP contribution in [0.3, 0.4) is 0 Å². The predicted molar refractivity (Wildman–Crippen MR) is 396 cm³/mol. The molecule has 1 fully saturated rings. The number of rotatable bonds is 72. The minimum Gasteiger partial charge on any atom is -0.302 e. The lowest BCUT2D eigenvalue weighted by molar-refractivity contribution is 0.104. The monoisotopic (exact) mass is 1220 g/mol. The van der Waals surface area contributed by atoms with E-state index in [2.05, 4.69) is 108 Å². The molecule has 0 saturated carbocycles. The van der Waals surface area contributed by atoms with Crippen LogP contribution >= 0.6 is 0 Å². The highest BCUT2D eigenvalue weighted by atomic mass is 15.3. The van der Waals surface area contributed by atoms with Gasteiger partial charge in [-0.1, -0.05) is 334 Å². The van der Waals surface area contributed by atoms with E-state index in [0.717, 1.165) is 12.8 Å². The maximum atomic E-state index is 2.93. The van der Waals surface area contributed by atoms with Crippen molar-refractivity contribution in [3.63, 3.8) is 0 Å². The molecule has 5 nitrogen and oxygen atoms in total.